The van der Waals surface area contributed by atoms with Gasteiger partial charge < -0.3 is 4.74 Å². The molecule has 1 atom stereocenters. The smallest absolute Gasteiger partial charge is 0.347 e. The van der Waals surface area contributed by atoms with Gasteiger partial charge in [-0.05, 0) is 12.5 Å². The maximum Gasteiger partial charge on any atom is 0.347 e. The van der Waals surface area contributed by atoms with Gasteiger partial charge in [0.25, 0.3) is 0 Å². The molecule has 0 bridgehead atoms. The maximum atomic E-state index is 11.2. The second kappa shape index (κ2) is 3.70. The van der Waals surface area contributed by atoms with Gasteiger partial charge in [-0.2, -0.15) is 0 Å². The van der Waals surface area contributed by atoms with Gasteiger partial charge in [-0.1, -0.05) is 0 Å². The first-order valence-corrected chi connectivity index (χ1v) is 4.45. The summed E-state index contributed by atoms with van der Waals surface area (Å²) in [5.74, 6) is 0.474. The zero-order valence-electron chi connectivity index (χ0n) is 7.35. The first-order chi connectivity index (χ1) is 6.36. The Morgan fingerprint density at radius 1 is 1.69 bits per heavy atom. The molecule has 4 heteroatoms. The lowest BCUT2D eigenvalue weighted by Crippen LogP contribution is -2.25. The van der Waals surface area contributed by atoms with Crippen molar-refractivity contribution in [3.05, 3.63) is 28.9 Å². The fraction of sp³-hybridized carbons (Fsp3) is 0.556. The third kappa shape index (κ3) is 1.95. The molecule has 1 aliphatic rings. The van der Waals surface area contributed by atoms with Crippen LogP contribution in [0.3, 0.4) is 0 Å². The van der Waals surface area contributed by atoms with Crippen molar-refractivity contribution in [1.82, 2.24) is 9.55 Å². The molecule has 0 amide bonds. The van der Waals surface area contributed by atoms with Crippen LogP contribution in [-0.2, 0) is 11.3 Å². The van der Waals surface area contributed by atoms with E-state index in [4.69, 9.17) is 4.74 Å². The monoisotopic (exact) mass is 180 g/mol. The number of rotatable bonds is 2. The van der Waals surface area contributed by atoms with E-state index in [2.05, 4.69) is 4.98 Å². The van der Waals surface area contributed by atoms with Gasteiger partial charge in [0.15, 0.2) is 0 Å². The predicted molar refractivity (Wildman–Crippen MR) is 47.4 cm³/mol. The highest BCUT2D eigenvalue weighted by Crippen LogP contribution is 2.13. The molecule has 0 N–H and O–H groups in total. The van der Waals surface area contributed by atoms with Crippen molar-refractivity contribution in [2.75, 3.05) is 13.2 Å². The van der Waals surface area contributed by atoms with Crippen LogP contribution in [0.4, 0.5) is 0 Å². The molecule has 0 saturated carbocycles. The summed E-state index contributed by atoms with van der Waals surface area (Å²) < 4.78 is 6.87. The molecule has 1 saturated heterocycles. The van der Waals surface area contributed by atoms with Crippen LogP contribution in [0.1, 0.15) is 6.42 Å². The molecule has 1 fully saturated rings. The molecule has 4 nitrogen and oxygen atoms in total. The summed E-state index contributed by atoms with van der Waals surface area (Å²) in [7, 11) is 0. The van der Waals surface area contributed by atoms with Crippen molar-refractivity contribution >= 4 is 0 Å². The lowest BCUT2D eigenvalue weighted by atomic mass is 10.1. The Bertz CT molecular complexity index is 328. The molecule has 1 aromatic rings. The van der Waals surface area contributed by atoms with Gasteiger partial charge in [-0.3, -0.25) is 4.57 Å². The van der Waals surface area contributed by atoms with E-state index in [1.807, 2.05) is 0 Å². The molecule has 13 heavy (non-hydrogen) atoms. The number of ether oxygens (including phenoxy) is 1. The Balaban J connectivity index is 2.08. The normalized spacial score (nSPS) is 22.0. The van der Waals surface area contributed by atoms with E-state index in [1.54, 1.807) is 16.8 Å². The van der Waals surface area contributed by atoms with Crippen molar-refractivity contribution in [3.8, 4) is 0 Å². The van der Waals surface area contributed by atoms with Crippen molar-refractivity contribution < 1.29 is 4.74 Å². The highest BCUT2D eigenvalue weighted by molar-refractivity contribution is 4.82. The Morgan fingerprint density at radius 2 is 2.62 bits per heavy atom. The van der Waals surface area contributed by atoms with Gasteiger partial charge in [0.1, 0.15) is 0 Å². The number of aromatic nitrogens is 2. The second-order valence-corrected chi connectivity index (χ2v) is 3.28. The first-order valence-electron chi connectivity index (χ1n) is 4.45. The number of nitrogens with zero attached hydrogens (tertiary/aromatic N) is 2. The van der Waals surface area contributed by atoms with E-state index < -0.39 is 0 Å². The Labute approximate surface area is 76.2 Å². The van der Waals surface area contributed by atoms with Crippen LogP contribution in [0.5, 0.6) is 0 Å². The third-order valence-electron chi connectivity index (χ3n) is 2.26. The minimum absolute atomic E-state index is 0.172. The molecule has 1 aromatic heterocycles. The highest BCUT2D eigenvalue weighted by atomic mass is 16.5. The van der Waals surface area contributed by atoms with E-state index in [1.165, 1.54) is 6.20 Å². The summed E-state index contributed by atoms with van der Waals surface area (Å²) in [6.07, 6.45) is 4.33. The van der Waals surface area contributed by atoms with Gasteiger partial charge in [-0.15, -0.1) is 0 Å². The minimum atomic E-state index is -0.172. The fourth-order valence-corrected chi connectivity index (χ4v) is 1.53. The summed E-state index contributed by atoms with van der Waals surface area (Å²) in [5, 5.41) is 0. The topological polar surface area (TPSA) is 44.1 Å². The van der Waals surface area contributed by atoms with Crippen molar-refractivity contribution in [2.45, 2.75) is 13.0 Å². The number of hydrogen-bond acceptors (Lipinski definition) is 3. The van der Waals surface area contributed by atoms with Crippen molar-refractivity contribution in [1.29, 1.82) is 0 Å². The highest BCUT2D eigenvalue weighted by Gasteiger charge is 2.16. The third-order valence-corrected chi connectivity index (χ3v) is 2.26. The van der Waals surface area contributed by atoms with Gasteiger partial charge >= 0.3 is 5.69 Å². The van der Waals surface area contributed by atoms with Crippen LogP contribution >= 0.6 is 0 Å². The Hall–Kier alpha value is -1.16. The van der Waals surface area contributed by atoms with E-state index in [0.717, 1.165) is 26.2 Å². The maximum absolute atomic E-state index is 11.2. The fourth-order valence-electron chi connectivity index (χ4n) is 1.53. The minimum Gasteiger partial charge on any atom is -0.381 e. The SMILES string of the molecule is O=c1ncccn1CC1CCOC1. The van der Waals surface area contributed by atoms with E-state index in [-0.39, 0.29) is 5.69 Å². The standard InChI is InChI=1S/C9H12N2O2/c12-9-10-3-1-4-11(9)6-8-2-5-13-7-8/h1,3-4,8H,2,5-7H2. The van der Waals surface area contributed by atoms with E-state index >= 15 is 0 Å². The van der Waals surface area contributed by atoms with Crippen LogP contribution in [0.25, 0.3) is 0 Å². The largest absolute Gasteiger partial charge is 0.381 e. The molecule has 0 spiro atoms. The van der Waals surface area contributed by atoms with Crippen LogP contribution in [0, 0.1) is 5.92 Å². The Morgan fingerprint density at radius 3 is 3.31 bits per heavy atom. The first kappa shape index (κ1) is 8.44. The summed E-state index contributed by atoms with van der Waals surface area (Å²) in [5.41, 5.74) is -0.172. The molecule has 1 unspecified atom stereocenters. The summed E-state index contributed by atoms with van der Waals surface area (Å²) in [6.45, 7) is 2.31. The molecule has 0 aliphatic carbocycles. The van der Waals surface area contributed by atoms with Crippen LogP contribution in [-0.4, -0.2) is 22.8 Å². The van der Waals surface area contributed by atoms with Crippen LogP contribution in [0.15, 0.2) is 23.3 Å². The predicted octanol–water partition coefficient (Wildman–Crippen LogP) is 0.280. The average molecular weight is 180 g/mol. The zero-order valence-corrected chi connectivity index (χ0v) is 7.35. The Kier molecular flexibility index (Phi) is 2.40. The molecule has 1 aliphatic heterocycles. The van der Waals surface area contributed by atoms with Crippen LogP contribution in [0.2, 0.25) is 0 Å². The van der Waals surface area contributed by atoms with E-state index in [0.29, 0.717) is 5.92 Å². The number of hydrogen-bond donors (Lipinski definition) is 0. The molecule has 2 rings (SSSR count). The molecule has 0 radical (unpaired) electrons. The van der Waals surface area contributed by atoms with Gasteiger partial charge in [0, 0.05) is 31.5 Å². The molecule has 2 heterocycles. The molecule has 70 valence electrons. The molecule has 0 aromatic carbocycles. The molecular formula is C9H12N2O2. The van der Waals surface area contributed by atoms with Gasteiger partial charge in [0.2, 0.25) is 0 Å². The summed E-state index contributed by atoms with van der Waals surface area (Å²) >= 11 is 0. The summed E-state index contributed by atoms with van der Waals surface area (Å²) in [4.78, 5) is 14.9. The average Bonchev–Trinajstić information content (AvgIpc) is 2.61. The second-order valence-electron chi connectivity index (χ2n) is 3.28. The lowest BCUT2D eigenvalue weighted by molar-refractivity contribution is 0.182. The van der Waals surface area contributed by atoms with Gasteiger partial charge in [-0.25, -0.2) is 9.78 Å². The van der Waals surface area contributed by atoms with Gasteiger partial charge in [0.05, 0.1) is 6.61 Å². The molecular weight excluding hydrogens is 168 g/mol. The quantitative estimate of drug-likeness (QED) is 0.656. The lowest BCUT2D eigenvalue weighted by Gasteiger charge is -2.08. The zero-order chi connectivity index (χ0) is 9.10. The van der Waals surface area contributed by atoms with Crippen molar-refractivity contribution in [3.63, 3.8) is 0 Å². The van der Waals surface area contributed by atoms with Crippen molar-refractivity contribution in [2.24, 2.45) is 5.92 Å². The van der Waals surface area contributed by atoms with E-state index in [9.17, 15) is 4.79 Å². The van der Waals surface area contributed by atoms with Crippen LogP contribution < -0.4 is 5.69 Å². The summed E-state index contributed by atoms with van der Waals surface area (Å²) in [6, 6.07) is 1.78.